The highest BCUT2D eigenvalue weighted by molar-refractivity contribution is 5.83. The van der Waals surface area contributed by atoms with E-state index in [1.807, 2.05) is 6.92 Å². The molecular formula is C25H23F3O6. The average molecular weight is 476 g/mol. The predicted octanol–water partition coefficient (Wildman–Crippen LogP) is 5.45. The van der Waals surface area contributed by atoms with E-state index in [0.717, 1.165) is 11.6 Å². The highest BCUT2D eigenvalue weighted by atomic mass is 19.4. The van der Waals surface area contributed by atoms with E-state index in [9.17, 15) is 22.8 Å². The maximum atomic E-state index is 12.9. The van der Waals surface area contributed by atoms with Crippen LogP contribution in [0, 0.1) is 12.8 Å². The summed E-state index contributed by atoms with van der Waals surface area (Å²) in [6, 6.07) is 11.6. The van der Waals surface area contributed by atoms with Gasteiger partial charge in [0.05, 0.1) is 32.3 Å². The summed E-state index contributed by atoms with van der Waals surface area (Å²) >= 11 is 0. The predicted molar refractivity (Wildman–Crippen MR) is 120 cm³/mol. The van der Waals surface area contributed by atoms with E-state index in [-0.39, 0.29) is 17.9 Å². The minimum atomic E-state index is -4.46. The first kappa shape index (κ1) is 24.9. The van der Waals surface area contributed by atoms with Crippen LogP contribution in [0.3, 0.4) is 0 Å². The molecule has 0 aliphatic rings. The summed E-state index contributed by atoms with van der Waals surface area (Å²) in [6.45, 7) is 4.23. The first-order chi connectivity index (χ1) is 16.1. The second kappa shape index (κ2) is 10.5. The molecule has 1 atom stereocenters. The van der Waals surface area contributed by atoms with Gasteiger partial charge >= 0.3 is 17.8 Å². The van der Waals surface area contributed by atoms with Crippen molar-refractivity contribution < 1.29 is 36.6 Å². The Morgan fingerprint density at radius 1 is 1.09 bits per heavy atom. The molecule has 34 heavy (non-hydrogen) atoms. The Morgan fingerprint density at radius 2 is 1.82 bits per heavy atom. The lowest BCUT2D eigenvalue weighted by atomic mass is 10.0. The molecule has 3 aromatic rings. The largest absolute Gasteiger partial charge is 0.497 e. The first-order valence-electron chi connectivity index (χ1n) is 10.3. The molecule has 1 unspecified atom stereocenters. The minimum Gasteiger partial charge on any atom is -0.497 e. The molecule has 6 nitrogen and oxygen atoms in total. The molecule has 9 heteroatoms. The van der Waals surface area contributed by atoms with Gasteiger partial charge in [0, 0.05) is 23.4 Å². The van der Waals surface area contributed by atoms with Gasteiger partial charge in [0.15, 0.2) is 0 Å². The number of esters is 1. The van der Waals surface area contributed by atoms with Crippen LogP contribution < -0.4 is 15.1 Å². The fraction of sp³-hybridized carbons (Fsp3) is 0.280. The van der Waals surface area contributed by atoms with E-state index in [0.29, 0.717) is 22.3 Å². The number of carbonyl (C=O) groups is 1. The number of hydrogen-bond acceptors (Lipinski definition) is 6. The average Bonchev–Trinajstić information content (AvgIpc) is 2.79. The van der Waals surface area contributed by atoms with Crippen LogP contribution in [0.5, 0.6) is 11.5 Å². The van der Waals surface area contributed by atoms with Gasteiger partial charge in [-0.25, -0.2) is 9.59 Å². The standard InChI is InChI=1S/C25H23F3O6/c1-4-23(29)33-14-16(12-25(26,27)28)13-32-19-6-5-17-10-21(24(30)34-22(17)11-19)20-8-7-18(31-3)9-15(20)2/h4-11,16H,1,12-14H2,2-3H3. The van der Waals surface area contributed by atoms with Gasteiger partial charge in [-0.2, -0.15) is 13.2 Å². The van der Waals surface area contributed by atoms with E-state index in [1.54, 1.807) is 43.5 Å². The number of halogens is 3. The highest BCUT2D eigenvalue weighted by Crippen LogP contribution is 2.29. The van der Waals surface area contributed by atoms with Gasteiger partial charge in [0.1, 0.15) is 17.1 Å². The lowest BCUT2D eigenvalue weighted by molar-refractivity contribution is -0.157. The van der Waals surface area contributed by atoms with E-state index in [2.05, 4.69) is 6.58 Å². The Balaban J connectivity index is 1.80. The molecule has 0 saturated carbocycles. The topological polar surface area (TPSA) is 75.0 Å². The highest BCUT2D eigenvalue weighted by Gasteiger charge is 2.33. The van der Waals surface area contributed by atoms with Crippen LogP contribution in [0.1, 0.15) is 12.0 Å². The zero-order valence-corrected chi connectivity index (χ0v) is 18.6. The van der Waals surface area contributed by atoms with Crippen LogP contribution in [-0.4, -0.2) is 32.5 Å². The summed E-state index contributed by atoms with van der Waals surface area (Å²) in [5.41, 5.74) is 1.56. The summed E-state index contributed by atoms with van der Waals surface area (Å²) in [4.78, 5) is 23.8. The van der Waals surface area contributed by atoms with Crippen LogP contribution in [0.15, 0.2) is 64.3 Å². The number of rotatable bonds is 9. The number of alkyl halides is 3. The zero-order chi connectivity index (χ0) is 24.9. The van der Waals surface area contributed by atoms with Crippen molar-refractivity contribution >= 4 is 16.9 Å². The van der Waals surface area contributed by atoms with Gasteiger partial charge in [-0.15, -0.1) is 0 Å². The Morgan fingerprint density at radius 3 is 2.47 bits per heavy atom. The third-order valence-corrected chi connectivity index (χ3v) is 5.06. The maximum absolute atomic E-state index is 12.9. The third kappa shape index (κ3) is 6.40. The maximum Gasteiger partial charge on any atom is 0.389 e. The lowest BCUT2D eigenvalue weighted by Crippen LogP contribution is -2.25. The Labute approximate surface area is 193 Å². The van der Waals surface area contributed by atoms with E-state index >= 15 is 0 Å². The van der Waals surface area contributed by atoms with Crippen molar-refractivity contribution in [1.82, 2.24) is 0 Å². The third-order valence-electron chi connectivity index (χ3n) is 5.06. The lowest BCUT2D eigenvalue weighted by Gasteiger charge is -2.19. The monoisotopic (exact) mass is 476 g/mol. The first-order valence-corrected chi connectivity index (χ1v) is 10.3. The van der Waals surface area contributed by atoms with Crippen LogP contribution in [0.25, 0.3) is 22.1 Å². The number of carbonyl (C=O) groups excluding carboxylic acids is 1. The van der Waals surface area contributed by atoms with Gasteiger partial charge in [0.2, 0.25) is 0 Å². The van der Waals surface area contributed by atoms with Crippen LogP contribution in [-0.2, 0) is 9.53 Å². The second-order valence-electron chi connectivity index (χ2n) is 7.66. The number of fused-ring (bicyclic) bond motifs is 1. The molecule has 0 fully saturated rings. The van der Waals surface area contributed by atoms with Gasteiger partial charge in [-0.3, -0.25) is 0 Å². The van der Waals surface area contributed by atoms with Crippen molar-refractivity contribution in [2.75, 3.05) is 20.3 Å². The van der Waals surface area contributed by atoms with Crippen molar-refractivity contribution in [3.63, 3.8) is 0 Å². The summed E-state index contributed by atoms with van der Waals surface area (Å²) in [6.07, 6.45) is -4.77. The molecule has 2 aromatic carbocycles. The molecule has 3 rings (SSSR count). The molecule has 1 aromatic heterocycles. The summed E-state index contributed by atoms with van der Waals surface area (Å²) in [5, 5.41) is 0.615. The summed E-state index contributed by atoms with van der Waals surface area (Å²) in [7, 11) is 1.55. The van der Waals surface area contributed by atoms with Crippen molar-refractivity contribution in [2.45, 2.75) is 19.5 Å². The van der Waals surface area contributed by atoms with Crippen molar-refractivity contribution in [2.24, 2.45) is 5.92 Å². The number of ether oxygens (including phenoxy) is 3. The second-order valence-corrected chi connectivity index (χ2v) is 7.66. The van der Waals surface area contributed by atoms with Crippen LogP contribution >= 0.6 is 0 Å². The minimum absolute atomic E-state index is 0.214. The molecule has 0 bridgehead atoms. The number of benzene rings is 2. The smallest absolute Gasteiger partial charge is 0.389 e. The fourth-order valence-corrected chi connectivity index (χ4v) is 3.40. The number of hydrogen-bond donors (Lipinski definition) is 0. The zero-order valence-electron chi connectivity index (χ0n) is 18.6. The van der Waals surface area contributed by atoms with Gasteiger partial charge in [-0.05, 0) is 48.4 Å². The normalized spacial score (nSPS) is 12.3. The Kier molecular flexibility index (Phi) is 7.65. The molecule has 0 saturated heterocycles. The summed E-state index contributed by atoms with van der Waals surface area (Å²) < 4.78 is 59.5. The Bertz CT molecular complexity index is 1250. The number of aryl methyl sites for hydroxylation is 1. The SMILES string of the molecule is C=CC(=O)OCC(COc1ccc2cc(-c3ccc(OC)cc3C)c(=O)oc2c1)CC(F)(F)F. The summed E-state index contributed by atoms with van der Waals surface area (Å²) in [5.74, 6) is -1.06. The van der Waals surface area contributed by atoms with Crippen molar-refractivity contribution in [3.05, 3.63) is 71.1 Å². The quantitative estimate of drug-likeness (QED) is 0.232. The molecule has 1 heterocycles. The molecule has 0 amide bonds. The molecule has 0 N–H and O–H groups in total. The fourth-order valence-electron chi connectivity index (χ4n) is 3.40. The molecule has 0 radical (unpaired) electrons. The van der Waals surface area contributed by atoms with Crippen LogP contribution in [0.4, 0.5) is 13.2 Å². The van der Waals surface area contributed by atoms with E-state index < -0.39 is 36.7 Å². The number of methoxy groups -OCH3 is 1. The van der Waals surface area contributed by atoms with Crippen LogP contribution in [0.2, 0.25) is 0 Å². The molecule has 0 aliphatic heterocycles. The molecule has 0 spiro atoms. The van der Waals surface area contributed by atoms with Crippen molar-refractivity contribution in [3.8, 4) is 22.6 Å². The van der Waals surface area contributed by atoms with Crippen molar-refractivity contribution in [1.29, 1.82) is 0 Å². The molecule has 0 aliphatic carbocycles. The molecular weight excluding hydrogens is 453 g/mol. The molecule has 180 valence electrons. The Hall–Kier alpha value is -3.75. The van der Waals surface area contributed by atoms with Gasteiger partial charge in [-0.1, -0.05) is 12.6 Å². The van der Waals surface area contributed by atoms with E-state index in [1.165, 1.54) is 6.07 Å². The van der Waals surface area contributed by atoms with E-state index in [4.69, 9.17) is 18.6 Å². The van der Waals surface area contributed by atoms with Gasteiger partial charge in [0.25, 0.3) is 0 Å². The van der Waals surface area contributed by atoms with Gasteiger partial charge < -0.3 is 18.6 Å².